The molecule has 0 bridgehead atoms. The lowest BCUT2D eigenvalue weighted by molar-refractivity contribution is 0.0200. The Kier molecular flexibility index (Phi) is 3.83. The zero-order valence-corrected chi connectivity index (χ0v) is 11.2. The number of hydrogen-bond acceptors (Lipinski definition) is 3. The third-order valence-corrected chi connectivity index (χ3v) is 4.17. The molecule has 1 aromatic rings. The van der Waals surface area contributed by atoms with Crippen molar-refractivity contribution < 1.29 is 9.53 Å². The van der Waals surface area contributed by atoms with E-state index in [1.165, 1.54) is 0 Å². The quantitative estimate of drug-likeness (QED) is 0.833. The fourth-order valence-corrected chi connectivity index (χ4v) is 2.57. The average Bonchev–Trinajstić information content (AvgIpc) is 2.42. The smallest absolute Gasteiger partial charge is 0.170 e. The standard InChI is InChI=1S/C15H21NO2/c1-11-4-3-5-13(12(11)2)14(17)15(10-16)6-8-18-9-7-15/h3-5H,6-10,16H2,1-2H3. The molecule has 18 heavy (non-hydrogen) atoms. The largest absolute Gasteiger partial charge is 0.381 e. The number of Topliss-reactive ketones (excluding diaryl/α,β-unsaturated/α-hetero) is 1. The van der Waals surface area contributed by atoms with Crippen LogP contribution < -0.4 is 5.73 Å². The Morgan fingerprint density at radius 1 is 1.33 bits per heavy atom. The van der Waals surface area contributed by atoms with Crippen molar-refractivity contribution in [3.8, 4) is 0 Å². The zero-order chi connectivity index (χ0) is 13.2. The summed E-state index contributed by atoms with van der Waals surface area (Å²) in [6.07, 6.45) is 1.46. The van der Waals surface area contributed by atoms with Crippen molar-refractivity contribution in [2.45, 2.75) is 26.7 Å². The molecule has 0 spiro atoms. The van der Waals surface area contributed by atoms with Gasteiger partial charge in [-0.25, -0.2) is 0 Å². The first-order chi connectivity index (χ1) is 8.60. The summed E-state index contributed by atoms with van der Waals surface area (Å²) in [4.78, 5) is 12.8. The van der Waals surface area contributed by atoms with E-state index in [1.54, 1.807) is 0 Å². The molecule has 1 fully saturated rings. The van der Waals surface area contributed by atoms with E-state index in [4.69, 9.17) is 10.5 Å². The molecule has 1 aliphatic heterocycles. The van der Waals surface area contributed by atoms with Crippen molar-refractivity contribution >= 4 is 5.78 Å². The number of ketones is 1. The van der Waals surface area contributed by atoms with Crippen LogP contribution >= 0.6 is 0 Å². The third-order valence-electron chi connectivity index (χ3n) is 4.17. The van der Waals surface area contributed by atoms with Crippen LogP contribution in [0.2, 0.25) is 0 Å². The number of nitrogens with two attached hydrogens (primary N) is 1. The summed E-state index contributed by atoms with van der Waals surface area (Å²) in [5.74, 6) is 0.189. The average molecular weight is 247 g/mol. The number of carbonyl (C=O) groups is 1. The Hall–Kier alpha value is -1.19. The van der Waals surface area contributed by atoms with E-state index in [9.17, 15) is 4.79 Å². The minimum absolute atomic E-state index is 0.189. The van der Waals surface area contributed by atoms with Crippen LogP contribution in [0.25, 0.3) is 0 Å². The minimum atomic E-state index is -0.420. The van der Waals surface area contributed by atoms with Crippen LogP contribution in [0.5, 0.6) is 0 Å². The topological polar surface area (TPSA) is 52.3 Å². The fraction of sp³-hybridized carbons (Fsp3) is 0.533. The maximum atomic E-state index is 12.8. The first-order valence-corrected chi connectivity index (χ1v) is 6.49. The van der Waals surface area contributed by atoms with Crippen molar-refractivity contribution in [1.29, 1.82) is 0 Å². The zero-order valence-electron chi connectivity index (χ0n) is 11.2. The second-order valence-electron chi connectivity index (χ2n) is 5.17. The maximum absolute atomic E-state index is 12.8. The highest BCUT2D eigenvalue weighted by atomic mass is 16.5. The first kappa shape index (κ1) is 13.2. The fourth-order valence-electron chi connectivity index (χ4n) is 2.57. The molecule has 0 saturated carbocycles. The predicted molar refractivity (Wildman–Crippen MR) is 71.8 cm³/mol. The molecular weight excluding hydrogens is 226 g/mol. The molecule has 3 heteroatoms. The summed E-state index contributed by atoms with van der Waals surface area (Å²) in [6, 6.07) is 5.89. The van der Waals surface area contributed by atoms with Crippen molar-refractivity contribution in [3.63, 3.8) is 0 Å². The van der Waals surface area contributed by atoms with E-state index >= 15 is 0 Å². The second-order valence-corrected chi connectivity index (χ2v) is 5.17. The molecule has 0 unspecified atom stereocenters. The first-order valence-electron chi connectivity index (χ1n) is 6.49. The molecule has 1 heterocycles. The Morgan fingerprint density at radius 2 is 2.00 bits per heavy atom. The number of benzene rings is 1. The number of ether oxygens (including phenoxy) is 1. The van der Waals surface area contributed by atoms with Gasteiger partial charge in [0.2, 0.25) is 0 Å². The van der Waals surface area contributed by atoms with Gasteiger partial charge in [-0.05, 0) is 37.8 Å². The molecule has 0 aromatic heterocycles. The van der Waals surface area contributed by atoms with Gasteiger partial charge in [-0.2, -0.15) is 0 Å². The Labute approximate surface area is 108 Å². The number of hydrogen-bond donors (Lipinski definition) is 1. The summed E-state index contributed by atoms with van der Waals surface area (Å²) >= 11 is 0. The molecule has 3 nitrogen and oxygen atoms in total. The SMILES string of the molecule is Cc1cccc(C(=O)C2(CN)CCOCC2)c1C. The van der Waals surface area contributed by atoms with Crippen LogP contribution in [0.15, 0.2) is 18.2 Å². The number of aryl methyl sites for hydroxylation is 1. The van der Waals surface area contributed by atoms with Crippen molar-refractivity contribution in [2.24, 2.45) is 11.1 Å². The van der Waals surface area contributed by atoms with Gasteiger partial charge in [0, 0.05) is 25.3 Å². The van der Waals surface area contributed by atoms with Crippen LogP contribution in [0, 0.1) is 19.3 Å². The summed E-state index contributed by atoms with van der Waals surface area (Å²) in [7, 11) is 0. The van der Waals surface area contributed by atoms with E-state index in [-0.39, 0.29) is 5.78 Å². The highest BCUT2D eigenvalue weighted by Crippen LogP contribution is 2.34. The van der Waals surface area contributed by atoms with Crippen LogP contribution in [0.1, 0.15) is 34.3 Å². The van der Waals surface area contributed by atoms with Gasteiger partial charge < -0.3 is 10.5 Å². The van der Waals surface area contributed by atoms with Crippen LogP contribution in [0.4, 0.5) is 0 Å². The molecule has 1 aromatic carbocycles. The minimum Gasteiger partial charge on any atom is -0.381 e. The summed E-state index contributed by atoms with van der Waals surface area (Å²) < 4.78 is 5.36. The highest BCUT2D eigenvalue weighted by Gasteiger charge is 2.39. The van der Waals surface area contributed by atoms with Crippen molar-refractivity contribution in [2.75, 3.05) is 19.8 Å². The third kappa shape index (κ3) is 2.20. The molecule has 0 atom stereocenters. The van der Waals surface area contributed by atoms with Crippen LogP contribution in [-0.4, -0.2) is 25.5 Å². The molecule has 0 aliphatic carbocycles. The normalized spacial score (nSPS) is 18.6. The summed E-state index contributed by atoms with van der Waals surface area (Å²) in [5.41, 5.74) is 8.51. The molecular formula is C15H21NO2. The maximum Gasteiger partial charge on any atom is 0.170 e. The van der Waals surface area contributed by atoms with Crippen molar-refractivity contribution in [1.82, 2.24) is 0 Å². The van der Waals surface area contributed by atoms with Gasteiger partial charge >= 0.3 is 0 Å². The molecule has 2 rings (SSSR count). The summed E-state index contributed by atoms with van der Waals surface area (Å²) in [5, 5.41) is 0. The molecule has 1 saturated heterocycles. The Balaban J connectivity index is 2.37. The lowest BCUT2D eigenvalue weighted by Gasteiger charge is -2.35. The number of rotatable bonds is 3. The number of carbonyl (C=O) groups excluding carboxylic acids is 1. The van der Waals surface area contributed by atoms with E-state index in [2.05, 4.69) is 0 Å². The molecule has 0 amide bonds. The lowest BCUT2D eigenvalue weighted by atomic mass is 9.73. The summed E-state index contributed by atoms with van der Waals surface area (Å²) in [6.45, 7) is 5.71. The van der Waals surface area contributed by atoms with Gasteiger partial charge in [0.1, 0.15) is 0 Å². The van der Waals surface area contributed by atoms with E-state index in [1.807, 2.05) is 32.0 Å². The van der Waals surface area contributed by atoms with E-state index in [0.717, 1.165) is 29.5 Å². The Morgan fingerprint density at radius 3 is 2.61 bits per heavy atom. The predicted octanol–water partition coefficient (Wildman–Crippen LogP) is 2.24. The lowest BCUT2D eigenvalue weighted by Crippen LogP contribution is -2.43. The highest BCUT2D eigenvalue weighted by molar-refractivity contribution is 6.02. The van der Waals surface area contributed by atoms with Gasteiger partial charge in [0.25, 0.3) is 0 Å². The van der Waals surface area contributed by atoms with Gasteiger partial charge in [0.05, 0.1) is 5.41 Å². The van der Waals surface area contributed by atoms with Crippen molar-refractivity contribution in [3.05, 3.63) is 34.9 Å². The van der Waals surface area contributed by atoms with E-state index in [0.29, 0.717) is 19.8 Å². The van der Waals surface area contributed by atoms with Gasteiger partial charge in [-0.3, -0.25) is 4.79 Å². The molecule has 0 radical (unpaired) electrons. The van der Waals surface area contributed by atoms with Crippen LogP contribution in [-0.2, 0) is 4.74 Å². The van der Waals surface area contributed by atoms with Gasteiger partial charge in [-0.15, -0.1) is 0 Å². The van der Waals surface area contributed by atoms with Gasteiger partial charge in [-0.1, -0.05) is 18.2 Å². The Bertz CT molecular complexity index is 448. The molecule has 1 aliphatic rings. The molecule has 98 valence electrons. The monoisotopic (exact) mass is 247 g/mol. The van der Waals surface area contributed by atoms with Gasteiger partial charge in [0.15, 0.2) is 5.78 Å². The van der Waals surface area contributed by atoms with E-state index < -0.39 is 5.41 Å². The second kappa shape index (κ2) is 5.21. The van der Waals surface area contributed by atoms with Crippen LogP contribution in [0.3, 0.4) is 0 Å². The molecule has 2 N–H and O–H groups in total.